The first-order chi connectivity index (χ1) is 5.35. The molecular weight excluding hydrogens is 178 g/mol. The van der Waals surface area contributed by atoms with Gasteiger partial charge < -0.3 is 10.1 Å². The van der Waals surface area contributed by atoms with Crippen LogP contribution >= 0.6 is 11.6 Å². The Bertz CT molecular complexity index is 154. The monoisotopic (exact) mass is 193 g/mol. The fourth-order valence-corrected chi connectivity index (χ4v) is 0.627. The fourth-order valence-electron chi connectivity index (χ4n) is 0.537. The second-order valence-corrected chi connectivity index (χ2v) is 4.05. The molecule has 0 aliphatic carbocycles. The Balaban J connectivity index is 3.75. The van der Waals surface area contributed by atoms with Crippen molar-refractivity contribution >= 4 is 17.7 Å². The number of halogens is 1. The summed E-state index contributed by atoms with van der Waals surface area (Å²) in [7, 11) is 0. The van der Waals surface area contributed by atoms with Gasteiger partial charge in [-0.1, -0.05) is 18.5 Å². The molecule has 0 spiro atoms. The van der Waals surface area contributed by atoms with Crippen LogP contribution in [0.1, 0.15) is 34.1 Å². The van der Waals surface area contributed by atoms with Gasteiger partial charge >= 0.3 is 6.09 Å². The lowest BCUT2D eigenvalue weighted by Gasteiger charge is -2.20. The zero-order valence-corrected chi connectivity index (χ0v) is 8.73. The predicted molar refractivity (Wildman–Crippen MR) is 49.3 cm³/mol. The van der Waals surface area contributed by atoms with Crippen molar-refractivity contribution in [2.45, 2.75) is 45.2 Å². The topological polar surface area (TPSA) is 38.3 Å². The second-order valence-electron chi connectivity index (χ2n) is 3.52. The summed E-state index contributed by atoms with van der Waals surface area (Å²) in [5.74, 6) is 0. The first-order valence-corrected chi connectivity index (χ1v) is 4.42. The van der Waals surface area contributed by atoms with Crippen molar-refractivity contribution in [2.75, 3.05) is 0 Å². The Hall–Kier alpha value is -0.440. The summed E-state index contributed by atoms with van der Waals surface area (Å²) in [6.07, 6.45) is 0.213. The third kappa shape index (κ3) is 6.28. The average Bonchev–Trinajstić information content (AvgIpc) is 1.82. The molecule has 0 aliphatic rings. The molecule has 72 valence electrons. The number of carbonyl (C=O) groups is 1. The van der Waals surface area contributed by atoms with Gasteiger partial charge in [-0.2, -0.15) is 0 Å². The number of nitrogens with one attached hydrogen (secondary N) is 1. The van der Waals surface area contributed by atoms with Gasteiger partial charge in [-0.15, -0.1) is 0 Å². The van der Waals surface area contributed by atoms with Crippen molar-refractivity contribution < 1.29 is 9.53 Å². The van der Waals surface area contributed by atoms with Crippen LogP contribution in [0.4, 0.5) is 4.79 Å². The number of rotatable bonds is 2. The Morgan fingerprint density at radius 3 is 2.42 bits per heavy atom. The molecule has 0 heterocycles. The molecule has 4 heteroatoms. The molecule has 0 unspecified atom stereocenters. The lowest BCUT2D eigenvalue weighted by Crippen LogP contribution is -2.36. The SMILES string of the molecule is CC[C@@H](Cl)NC(=O)OC(C)(C)C. The van der Waals surface area contributed by atoms with E-state index in [1.807, 2.05) is 27.7 Å². The lowest BCUT2D eigenvalue weighted by molar-refractivity contribution is 0.0520. The number of ether oxygens (including phenoxy) is 1. The summed E-state index contributed by atoms with van der Waals surface area (Å²) in [6.45, 7) is 7.31. The lowest BCUT2D eigenvalue weighted by atomic mass is 10.2. The minimum absolute atomic E-state index is 0.347. The standard InChI is InChI=1S/C8H16ClNO2/c1-5-6(9)10-7(11)12-8(2,3)4/h6H,5H2,1-4H3,(H,10,11)/t6-/m0/s1. The van der Waals surface area contributed by atoms with E-state index < -0.39 is 11.7 Å². The molecule has 1 amide bonds. The Morgan fingerprint density at radius 2 is 2.08 bits per heavy atom. The minimum Gasteiger partial charge on any atom is -0.444 e. The molecule has 0 bridgehead atoms. The second kappa shape index (κ2) is 4.55. The highest BCUT2D eigenvalue weighted by molar-refractivity contribution is 6.21. The summed E-state index contributed by atoms with van der Waals surface area (Å²) in [5.41, 5.74) is -0.811. The molecule has 0 aliphatic heterocycles. The molecule has 0 radical (unpaired) electrons. The number of amides is 1. The van der Waals surface area contributed by atoms with Crippen molar-refractivity contribution in [1.29, 1.82) is 0 Å². The van der Waals surface area contributed by atoms with E-state index in [-0.39, 0.29) is 5.50 Å². The molecule has 0 rings (SSSR count). The quantitative estimate of drug-likeness (QED) is 0.541. The zero-order valence-electron chi connectivity index (χ0n) is 7.98. The van der Waals surface area contributed by atoms with Gasteiger partial charge in [0.1, 0.15) is 11.1 Å². The number of alkyl carbamates (subject to hydrolysis) is 1. The molecule has 0 saturated carbocycles. The van der Waals surface area contributed by atoms with Crippen LogP contribution in [0.2, 0.25) is 0 Å². The summed E-state index contributed by atoms with van der Waals surface area (Å²) in [4.78, 5) is 11.0. The normalized spacial score (nSPS) is 13.8. The predicted octanol–water partition coefficient (Wildman–Crippen LogP) is 2.49. The Morgan fingerprint density at radius 1 is 1.58 bits per heavy atom. The van der Waals surface area contributed by atoms with Gasteiger partial charge in [0.2, 0.25) is 0 Å². The van der Waals surface area contributed by atoms with Crippen molar-refractivity contribution in [3.05, 3.63) is 0 Å². The highest BCUT2D eigenvalue weighted by Gasteiger charge is 2.17. The third-order valence-corrected chi connectivity index (χ3v) is 1.45. The summed E-state index contributed by atoms with van der Waals surface area (Å²) < 4.78 is 4.98. The summed E-state index contributed by atoms with van der Waals surface area (Å²) in [6, 6.07) is 0. The van der Waals surface area contributed by atoms with Gasteiger partial charge in [-0.25, -0.2) is 4.79 Å². The molecular formula is C8H16ClNO2. The Kier molecular flexibility index (Phi) is 4.39. The maximum absolute atomic E-state index is 11.0. The van der Waals surface area contributed by atoms with Crippen LogP contribution < -0.4 is 5.32 Å². The third-order valence-electron chi connectivity index (χ3n) is 1.03. The van der Waals surface area contributed by atoms with Crippen molar-refractivity contribution in [3.63, 3.8) is 0 Å². The van der Waals surface area contributed by atoms with Gasteiger partial charge in [0.05, 0.1) is 0 Å². The van der Waals surface area contributed by atoms with Crippen LogP contribution in [0.5, 0.6) is 0 Å². The van der Waals surface area contributed by atoms with E-state index >= 15 is 0 Å². The van der Waals surface area contributed by atoms with Crippen LogP contribution in [0, 0.1) is 0 Å². The van der Waals surface area contributed by atoms with Gasteiger partial charge in [0.25, 0.3) is 0 Å². The number of hydrogen-bond donors (Lipinski definition) is 1. The van der Waals surface area contributed by atoms with E-state index in [4.69, 9.17) is 16.3 Å². The highest BCUT2D eigenvalue weighted by Crippen LogP contribution is 2.07. The molecule has 0 aromatic carbocycles. The van der Waals surface area contributed by atoms with Gasteiger partial charge in [-0.05, 0) is 27.2 Å². The van der Waals surface area contributed by atoms with Gasteiger partial charge in [-0.3, -0.25) is 0 Å². The zero-order chi connectivity index (χ0) is 9.78. The first-order valence-electron chi connectivity index (χ1n) is 3.98. The maximum atomic E-state index is 11.0. The van der Waals surface area contributed by atoms with Crippen molar-refractivity contribution in [1.82, 2.24) is 5.32 Å². The van der Waals surface area contributed by atoms with E-state index in [0.29, 0.717) is 6.42 Å². The largest absolute Gasteiger partial charge is 0.444 e. The van der Waals surface area contributed by atoms with E-state index in [1.54, 1.807) is 0 Å². The van der Waals surface area contributed by atoms with Gasteiger partial charge in [0.15, 0.2) is 0 Å². The summed E-state index contributed by atoms with van der Waals surface area (Å²) >= 11 is 5.68. The van der Waals surface area contributed by atoms with Crippen LogP contribution in [-0.2, 0) is 4.74 Å². The van der Waals surface area contributed by atoms with E-state index in [1.165, 1.54) is 0 Å². The molecule has 1 N–H and O–H groups in total. The number of alkyl halides is 1. The highest BCUT2D eigenvalue weighted by atomic mass is 35.5. The number of hydrogen-bond acceptors (Lipinski definition) is 2. The number of carbonyl (C=O) groups excluding carboxylic acids is 1. The average molecular weight is 194 g/mol. The first kappa shape index (κ1) is 11.6. The van der Waals surface area contributed by atoms with Gasteiger partial charge in [0, 0.05) is 0 Å². The van der Waals surface area contributed by atoms with Crippen LogP contribution in [-0.4, -0.2) is 17.2 Å². The van der Waals surface area contributed by atoms with Crippen LogP contribution in [0.15, 0.2) is 0 Å². The molecule has 3 nitrogen and oxygen atoms in total. The summed E-state index contributed by atoms with van der Waals surface area (Å²) in [5, 5.41) is 2.49. The maximum Gasteiger partial charge on any atom is 0.408 e. The molecule has 0 fully saturated rings. The molecule has 0 aromatic heterocycles. The van der Waals surface area contributed by atoms with Crippen LogP contribution in [0.25, 0.3) is 0 Å². The molecule has 1 atom stereocenters. The van der Waals surface area contributed by atoms with Crippen LogP contribution in [0.3, 0.4) is 0 Å². The van der Waals surface area contributed by atoms with E-state index in [9.17, 15) is 4.79 Å². The smallest absolute Gasteiger partial charge is 0.408 e. The van der Waals surface area contributed by atoms with Crippen molar-refractivity contribution in [2.24, 2.45) is 0 Å². The van der Waals surface area contributed by atoms with E-state index in [2.05, 4.69) is 5.32 Å². The molecule has 12 heavy (non-hydrogen) atoms. The minimum atomic E-state index is -0.468. The molecule has 0 saturated heterocycles. The fraction of sp³-hybridized carbons (Fsp3) is 0.875. The van der Waals surface area contributed by atoms with E-state index in [0.717, 1.165) is 0 Å². The molecule has 0 aromatic rings. The van der Waals surface area contributed by atoms with Crippen molar-refractivity contribution in [3.8, 4) is 0 Å². The Labute approximate surface area is 78.4 Å².